The van der Waals surface area contributed by atoms with Gasteiger partial charge < -0.3 is 10.4 Å². The number of amides is 1. The van der Waals surface area contributed by atoms with Gasteiger partial charge in [0, 0.05) is 12.6 Å². The maximum atomic E-state index is 12.6. The van der Waals surface area contributed by atoms with Gasteiger partial charge in [-0.2, -0.15) is 26.3 Å². The van der Waals surface area contributed by atoms with Gasteiger partial charge in [0.2, 0.25) is 5.91 Å². The first-order valence-electron chi connectivity index (χ1n) is 5.57. The molecule has 1 aromatic heterocycles. The molecule has 1 rings (SSSR count). The second-order valence-electron chi connectivity index (χ2n) is 4.05. The Morgan fingerprint density at radius 2 is 1.59 bits per heavy atom. The Kier molecular flexibility index (Phi) is 4.99. The van der Waals surface area contributed by atoms with Crippen LogP contribution in [0.15, 0.2) is 12.3 Å². The van der Waals surface area contributed by atoms with E-state index in [4.69, 9.17) is 5.11 Å². The zero-order valence-corrected chi connectivity index (χ0v) is 10.5. The lowest BCUT2D eigenvalue weighted by Crippen LogP contribution is -2.19. The summed E-state index contributed by atoms with van der Waals surface area (Å²) in [5.74, 6) is -3.05. The molecule has 0 saturated carbocycles. The summed E-state index contributed by atoms with van der Waals surface area (Å²) in [7, 11) is 0. The van der Waals surface area contributed by atoms with Crippen molar-refractivity contribution >= 4 is 17.7 Å². The molecule has 0 aromatic carbocycles. The minimum atomic E-state index is -5.30. The Morgan fingerprint density at radius 1 is 1.05 bits per heavy atom. The van der Waals surface area contributed by atoms with Crippen LogP contribution >= 0.6 is 0 Å². The SMILES string of the molecule is O=C(O)CCC(=O)Nc1cc(C(F)(F)F)c(C(F)(F)F)cn1. The van der Waals surface area contributed by atoms with Crippen molar-refractivity contribution < 1.29 is 41.0 Å². The molecule has 0 spiro atoms. The monoisotopic (exact) mass is 330 g/mol. The van der Waals surface area contributed by atoms with E-state index in [0.717, 1.165) is 0 Å². The molecule has 0 bridgehead atoms. The van der Waals surface area contributed by atoms with E-state index < -0.39 is 54.0 Å². The van der Waals surface area contributed by atoms with Crippen molar-refractivity contribution in [2.24, 2.45) is 0 Å². The minimum Gasteiger partial charge on any atom is -0.481 e. The van der Waals surface area contributed by atoms with Crippen LogP contribution in [0.3, 0.4) is 0 Å². The van der Waals surface area contributed by atoms with Gasteiger partial charge in [-0.25, -0.2) is 4.98 Å². The van der Waals surface area contributed by atoms with Gasteiger partial charge in [-0.3, -0.25) is 9.59 Å². The minimum absolute atomic E-state index is 0.0431. The fourth-order valence-corrected chi connectivity index (χ4v) is 1.41. The third-order valence-corrected chi connectivity index (χ3v) is 2.35. The summed E-state index contributed by atoms with van der Waals surface area (Å²) in [6, 6.07) is 0.0431. The van der Waals surface area contributed by atoms with E-state index in [9.17, 15) is 35.9 Å². The molecule has 1 aromatic rings. The average molecular weight is 330 g/mol. The van der Waals surface area contributed by atoms with Crippen molar-refractivity contribution in [2.75, 3.05) is 5.32 Å². The smallest absolute Gasteiger partial charge is 0.418 e. The van der Waals surface area contributed by atoms with Gasteiger partial charge in [-0.15, -0.1) is 0 Å². The lowest BCUT2D eigenvalue weighted by molar-refractivity contribution is -0.162. The fraction of sp³-hybridized carbons (Fsp3) is 0.364. The molecule has 0 aliphatic rings. The van der Waals surface area contributed by atoms with Crippen LogP contribution in [-0.4, -0.2) is 22.0 Å². The molecule has 2 N–H and O–H groups in total. The second-order valence-corrected chi connectivity index (χ2v) is 4.05. The molecule has 0 saturated heterocycles. The first-order valence-corrected chi connectivity index (χ1v) is 5.57. The molecule has 0 aliphatic carbocycles. The Morgan fingerprint density at radius 3 is 2.05 bits per heavy atom. The summed E-state index contributed by atoms with van der Waals surface area (Å²) in [5, 5.41) is 10.1. The van der Waals surface area contributed by atoms with Crippen molar-refractivity contribution in [1.29, 1.82) is 0 Å². The number of hydrogen-bond donors (Lipinski definition) is 2. The fourth-order valence-electron chi connectivity index (χ4n) is 1.41. The summed E-state index contributed by atoms with van der Waals surface area (Å²) >= 11 is 0. The van der Waals surface area contributed by atoms with Crippen LogP contribution in [0.4, 0.5) is 32.2 Å². The van der Waals surface area contributed by atoms with Crippen LogP contribution in [0.1, 0.15) is 24.0 Å². The molecule has 0 radical (unpaired) electrons. The predicted molar refractivity (Wildman–Crippen MR) is 59.7 cm³/mol. The van der Waals surface area contributed by atoms with Gasteiger partial charge in [0.15, 0.2) is 0 Å². The highest BCUT2D eigenvalue weighted by Crippen LogP contribution is 2.40. The molecule has 22 heavy (non-hydrogen) atoms. The number of rotatable bonds is 4. The van der Waals surface area contributed by atoms with Crippen LogP contribution < -0.4 is 5.32 Å². The number of aromatic nitrogens is 1. The molecule has 0 unspecified atom stereocenters. The van der Waals surface area contributed by atoms with Gasteiger partial charge in [0.25, 0.3) is 0 Å². The maximum absolute atomic E-state index is 12.6. The number of hydrogen-bond acceptors (Lipinski definition) is 3. The summed E-state index contributed by atoms with van der Waals surface area (Å²) in [6.07, 6.45) is -11.7. The van der Waals surface area contributed by atoms with E-state index in [-0.39, 0.29) is 12.3 Å². The number of halogens is 6. The topological polar surface area (TPSA) is 79.3 Å². The number of carbonyl (C=O) groups is 2. The Hall–Kier alpha value is -2.33. The third kappa shape index (κ3) is 4.90. The Labute approximate surface area is 119 Å². The number of nitrogens with zero attached hydrogens (tertiary/aromatic N) is 1. The van der Waals surface area contributed by atoms with E-state index in [2.05, 4.69) is 4.98 Å². The molecule has 0 atom stereocenters. The number of nitrogens with one attached hydrogen (secondary N) is 1. The molecule has 11 heteroatoms. The van der Waals surface area contributed by atoms with E-state index in [1.165, 1.54) is 0 Å². The largest absolute Gasteiger partial charge is 0.481 e. The quantitative estimate of drug-likeness (QED) is 0.832. The van der Waals surface area contributed by atoms with Crippen molar-refractivity contribution in [3.8, 4) is 0 Å². The van der Waals surface area contributed by atoms with Gasteiger partial charge in [-0.1, -0.05) is 0 Å². The highest BCUT2D eigenvalue weighted by atomic mass is 19.4. The zero-order valence-electron chi connectivity index (χ0n) is 10.5. The van der Waals surface area contributed by atoms with Crippen molar-refractivity contribution in [1.82, 2.24) is 4.98 Å². The van der Waals surface area contributed by atoms with Crippen LogP contribution in [0.5, 0.6) is 0 Å². The highest BCUT2D eigenvalue weighted by molar-refractivity contribution is 5.91. The predicted octanol–water partition coefficient (Wildman–Crippen LogP) is 2.92. The van der Waals surface area contributed by atoms with Gasteiger partial charge in [0.05, 0.1) is 17.5 Å². The van der Waals surface area contributed by atoms with Crippen molar-refractivity contribution in [2.45, 2.75) is 25.2 Å². The van der Waals surface area contributed by atoms with E-state index in [0.29, 0.717) is 0 Å². The Bertz CT molecular complexity index is 582. The molecule has 1 heterocycles. The molecule has 5 nitrogen and oxygen atoms in total. The van der Waals surface area contributed by atoms with Crippen LogP contribution in [-0.2, 0) is 21.9 Å². The number of anilines is 1. The maximum Gasteiger partial charge on any atom is 0.418 e. The van der Waals surface area contributed by atoms with Gasteiger partial charge in [0.1, 0.15) is 5.82 Å². The normalized spacial score (nSPS) is 12.1. The summed E-state index contributed by atoms with van der Waals surface area (Å²) < 4.78 is 75.4. The third-order valence-electron chi connectivity index (χ3n) is 2.35. The number of alkyl halides is 6. The number of aliphatic carboxylic acids is 1. The van der Waals surface area contributed by atoms with E-state index in [1.807, 2.05) is 5.32 Å². The lowest BCUT2D eigenvalue weighted by atomic mass is 10.1. The first-order chi connectivity index (χ1) is 9.91. The number of pyridine rings is 1. The molecule has 122 valence electrons. The average Bonchev–Trinajstić information content (AvgIpc) is 2.34. The zero-order chi connectivity index (χ0) is 17.1. The van der Waals surface area contributed by atoms with E-state index in [1.54, 1.807) is 0 Å². The van der Waals surface area contributed by atoms with Crippen LogP contribution in [0, 0.1) is 0 Å². The molecular formula is C11H8F6N2O3. The van der Waals surface area contributed by atoms with Crippen LogP contribution in [0.2, 0.25) is 0 Å². The molecular weight excluding hydrogens is 322 g/mol. The summed E-state index contributed by atoms with van der Waals surface area (Å²) in [6.45, 7) is 0. The summed E-state index contributed by atoms with van der Waals surface area (Å²) in [5.41, 5.74) is -3.98. The highest BCUT2D eigenvalue weighted by Gasteiger charge is 2.43. The number of carboxylic acid groups (broad SMARTS) is 1. The molecule has 0 fully saturated rings. The number of carbonyl (C=O) groups excluding carboxylic acids is 1. The van der Waals surface area contributed by atoms with Crippen molar-refractivity contribution in [3.05, 3.63) is 23.4 Å². The summed E-state index contributed by atoms with van der Waals surface area (Å²) in [4.78, 5) is 24.6. The van der Waals surface area contributed by atoms with Gasteiger partial charge >= 0.3 is 18.3 Å². The van der Waals surface area contributed by atoms with Crippen LogP contribution in [0.25, 0.3) is 0 Å². The number of carboxylic acids is 1. The Balaban J connectivity index is 3.05. The molecule has 1 amide bonds. The lowest BCUT2D eigenvalue weighted by Gasteiger charge is -2.16. The second kappa shape index (κ2) is 6.20. The standard InChI is InChI=1S/C11H8F6N2O3/c12-10(13,14)5-3-7(18-4-6(5)11(15,16)17)19-8(20)1-2-9(21)22/h3-4H,1-2H2,(H,21,22)(H,18,19,20). The van der Waals surface area contributed by atoms with E-state index >= 15 is 0 Å². The van der Waals surface area contributed by atoms with Crippen molar-refractivity contribution in [3.63, 3.8) is 0 Å². The molecule has 0 aliphatic heterocycles. The first kappa shape index (κ1) is 17.7. The van der Waals surface area contributed by atoms with Gasteiger partial charge in [-0.05, 0) is 6.07 Å².